The Morgan fingerprint density at radius 2 is 2.16 bits per heavy atom. The maximum atomic E-state index is 13.6. The van der Waals surface area contributed by atoms with Gasteiger partial charge in [-0.25, -0.2) is 9.18 Å². The lowest BCUT2D eigenvalue weighted by molar-refractivity contribution is -0.132. The van der Waals surface area contributed by atoms with Gasteiger partial charge in [0.25, 0.3) is 5.78 Å². The molecule has 1 N–H and O–H groups in total. The molecular weight excluding hydrogens is 255 g/mol. The van der Waals surface area contributed by atoms with Crippen molar-refractivity contribution in [3.05, 3.63) is 29.6 Å². The molecule has 1 aliphatic heterocycles. The molecule has 102 valence electrons. The lowest BCUT2D eigenvalue weighted by atomic mass is 10.1. The van der Waals surface area contributed by atoms with Crippen LogP contribution in [0.3, 0.4) is 0 Å². The Balaban J connectivity index is 2.26. The second kappa shape index (κ2) is 5.79. The maximum absolute atomic E-state index is 13.6. The summed E-state index contributed by atoms with van der Waals surface area (Å²) >= 11 is 0. The van der Waals surface area contributed by atoms with Crippen LogP contribution in [0.25, 0.3) is 0 Å². The second-order valence-electron chi connectivity index (χ2n) is 4.16. The Kier molecular flexibility index (Phi) is 4.11. The molecule has 0 amide bonds. The van der Waals surface area contributed by atoms with Gasteiger partial charge in [-0.1, -0.05) is 6.07 Å². The molecule has 0 aliphatic carbocycles. The molecule has 0 bridgehead atoms. The number of hydrogen-bond donors (Lipinski definition) is 1. The van der Waals surface area contributed by atoms with Gasteiger partial charge in [0.05, 0.1) is 6.61 Å². The van der Waals surface area contributed by atoms with Gasteiger partial charge in [-0.3, -0.25) is 4.79 Å². The van der Waals surface area contributed by atoms with Crippen LogP contribution < -0.4 is 4.74 Å². The molecule has 0 radical (unpaired) electrons. The van der Waals surface area contributed by atoms with Gasteiger partial charge in [0.15, 0.2) is 6.29 Å². The second-order valence-corrected chi connectivity index (χ2v) is 4.16. The van der Waals surface area contributed by atoms with E-state index in [4.69, 9.17) is 14.6 Å². The Morgan fingerprint density at radius 1 is 1.37 bits per heavy atom. The Labute approximate surface area is 108 Å². The fraction of sp³-hybridized carbons (Fsp3) is 0.385. The van der Waals surface area contributed by atoms with E-state index in [0.717, 1.165) is 18.9 Å². The molecule has 5 nitrogen and oxygen atoms in total. The third kappa shape index (κ3) is 3.08. The highest BCUT2D eigenvalue weighted by Crippen LogP contribution is 2.25. The number of ether oxygens (including phenoxy) is 2. The van der Waals surface area contributed by atoms with E-state index >= 15 is 0 Å². The molecule has 19 heavy (non-hydrogen) atoms. The summed E-state index contributed by atoms with van der Waals surface area (Å²) in [6, 6.07) is 3.73. The standard InChI is InChI=1S/C13H13FO5/c14-8-4-3-5-9(11(8)12(15)13(16)17)19-10-6-1-2-7-18-10/h3-5,10H,1-2,6-7H2,(H,16,17). The predicted molar refractivity (Wildman–Crippen MR) is 62.6 cm³/mol. The van der Waals surface area contributed by atoms with Crippen molar-refractivity contribution in [2.75, 3.05) is 6.61 Å². The molecule has 6 heteroatoms. The molecule has 2 rings (SSSR count). The number of carboxylic acids is 1. The van der Waals surface area contributed by atoms with Crippen LogP contribution in [-0.4, -0.2) is 29.8 Å². The van der Waals surface area contributed by atoms with Crippen molar-refractivity contribution in [3.63, 3.8) is 0 Å². The van der Waals surface area contributed by atoms with E-state index in [2.05, 4.69) is 0 Å². The van der Waals surface area contributed by atoms with Crippen LogP contribution in [0.1, 0.15) is 29.6 Å². The smallest absolute Gasteiger partial charge is 0.377 e. The monoisotopic (exact) mass is 268 g/mol. The SMILES string of the molecule is O=C(O)C(=O)c1c(F)cccc1OC1CCCCO1. The van der Waals surface area contributed by atoms with Crippen LogP contribution in [0.5, 0.6) is 5.75 Å². The van der Waals surface area contributed by atoms with E-state index in [1.807, 2.05) is 0 Å². The first kappa shape index (κ1) is 13.5. The number of carbonyl (C=O) groups is 2. The minimum atomic E-state index is -1.72. The van der Waals surface area contributed by atoms with E-state index in [1.165, 1.54) is 12.1 Å². The highest BCUT2D eigenvalue weighted by Gasteiger charge is 2.26. The fourth-order valence-corrected chi connectivity index (χ4v) is 1.88. The highest BCUT2D eigenvalue weighted by molar-refractivity contribution is 6.40. The molecule has 1 aromatic carbocycles. The van der Waals surface area contributed by atoms with E-state index in [9.17, 15) is 14.0 Å². The molecule has 1 unspecified atom stereocenters. The zero-order valence-electron chi connectivity index (χ0n) is 10.1. The van der Waals surface area contributed by atoms with Crippen LogP contribution in [0.15, 0.2) is 18.2 Å². The number of aliphatic carboxylic acids is 1. The van der Waals surface area contributed by atoms with Gasteiger partial charge in [0.2, 0.25) is 0 Å². The summed E-state index contributed by atoms with van der Waals surface area (Å²) in [4.78, 5) is 22.2. The van der Waals surface area contributed by atoms with Crippen LogP contribution in [0.2, 0.25) is 0 Å². The van der Waals surface area contributed by atoms with Gasteiger partial charge in [0.1, 0.15) is 17.1 Å². The summed E-state index contributed by atoms with van der Waals surface area (Å²) < 4.78 is 24.3. The van der Waals surface area contributed by atoms with E-state index in [1.54, 1.807) is 0 Å². The van der Waals surface area contributed by atoms with Gasteiger partial charge in [-0.05, 0) is 25.0 Å². The third-order valence-electron chi connectivity index (χ3n) is 2.79. The van der Waals surface area contributed by atoms with Crippen molar-refractivity contribution in [1.29, 1.82) is 0 Å². The number of benzene rings is 1. The molecule has 1 aliphatic rings. The first-order chi connectivity index (χ1) is 9.09. The molecule has 1 fully saturated rings. The van der Waals surface area contributed by atoms with E-state index in [0.29, 0.717) is 13.0 Å². The molecule has 1 atom stereocenters. The summed E-state index contributed by atoms with van der Waals surface area (Å²) in [5.74, 6) is -4.07. The number of rotatable bonds is 4. The number of hydrogen-bond acceptors (Lipinski definition) is 4. The van der Waals surface area contributed by atoms with Crippen molar-refractivity contribution in [1.82, 2.24) is 0 Å². The Morgan fingerprint density at radius 3 is 2.79 bits per heavy atom. The van der Waals surface area contributed by atoms with Crippen LogP contribution in [0, 0.1) is 5.82 Å². The maximum Gasteiger partial charge on any atom is 0.377 e. The van der Waals surface area contributed by atoms with Crippen molar-refractivity contribution in [3.8, 4) is 5.75 Å². The fourth-order valence-electron chi connectivity index (χ4n) is 1.88. The summed E-state index contributed by atoms with van der Waals surface area (Å²) in [7, 11) is 0. The zero-order valence-corrected chi connectivity index (χ0v) is 10.1. The lowest BCUT2D eigenvalue weighted by Gasteiger charge is -2.24. The van der Waals surface area contributed by atoms with Gasteiger partial charge >= 0.3 is 5.97 Å². The molecule has 1 heterocycles. The van der Waals surface area contributed by atoms with Gasteiger partial charge in [0, 0.05) is 6.42 Å². The first-order valence-electron chi connectivity index (χ1n) is 5.94. The van der Waals surface area contributed by atoms with Gasteiger partial charge < -0.3 is 14.6 Å². The Bertz CT molecular complexity index is 494. The molecular formula is C13H13FO5. The quantitative estimate of drug-likeness (QED) is 0.668. The minimum Gasteiger partial charge on any atom is -0.475 e. The summed E-state index contributed by atoms with van der Waals surface area (Å²) in [5, 5.41) is 8.69. The number of ketones is 1. The average molecular weight is 268 g/mol. The van der Waals surface area contributed by atoms with Crippen LogP contribution in [0.4, 0.5) is 4.39 Å². The largest absolute Gasteiger partial charge is 0.475 e. The van der Waals surface area contributed by atoms with Crippen molar-refractivity contribution in [2.45, 2.75) is 25.6 Å². The van der Waals surface area contributed by atoms with Crippen LogP contribution >= 0.6 is 0 Å². The molecule has 0 spiro atoms. The highest BCUT2D eigenvalue weighted by atomic mass is 19.1. The number of Topliss-reactive ketones (excluding diaryl/α,β-unsaturated/α-hetero) is 1. The normalized spacial score (nSPS) is 18.9. The van der Waals surface area contributed by atoms with E-state index < -0.39 is 29.4 Å². The average Bonchev–Trinajstić information content (AvgIpc) is 2.39. The molecule has 0 aromatic heterocycles. The number of carboxylic acid groups (broad SMARTS) is 1. The number of carbonyl (C=O) groups excluding carboxylic acids is 1. The molecule has 1 aromatic rings. The topological polar surface area (TPSA) is 72.8 Å². The summed E-state index contributed by atoms with van der Waals surface area (Å²) in [6.45, 7) is 0.530. The van der Waals surface area contributed by atoms with Crippen molar-refractivity contribution in [2.24, 2.45) is 0 Å². The zero-order chi connectivity index (χ0) is 13.8. The van der Waals surface area contributed by atoms with Crippen molar-refractivity contribution < 1.29 is 28.6 Å². The number of halogens is 1. The molecule has 1 saturated heterocycles. The third-order valence-corrected chi connectivity index (χ3v) is 2.79. The van der Waals surface area contributed by atoms with Gasteiger partial charge in [-0.15, -0.1) is 0 Å². The van der Waals surface area contributed by atoms with Crippen molar-refractivity contribution >= 4 is 11.8 Å². The van der Waals surface area contributed by atoms with E-state index in [-0.39, 0.29) is 5.75 Å². The van der Waals surface area contributed by atoms with Crippen LogP contribution in [-0.2, 0) is 9.53 Å². The Hall–Kier alpha value is -1.95. The molecule has 0 saturated carbocycles. The predicted octanol–water partition coefficient (Wildman–Crippen LogP) is 2.00. The summed E-state index contributed by atoms with van der Waals surface area (Å²) in [6.07, 6.45) is 1.87. The lowest BCUT2D eigenvalue weighted by Crippen LogP contribution is -2.26. The minimum absolute atomic E-state index is 0.0979. The first-order valence-corrected chi connectivity index (χ1v) is 5.94. The van der Waals surface area contributed by atoms with Gasteiger partial charge in [-0.2, -0.15) is 0 Å². The summed E-state index contributed by atoms with van der Waals surface area (Å²) in [5.41, 5.74) is -0.566.